The molecule has 3 rings (SSSR count). The van der Waals surface area contributed by atoms with Crippen molar-refractivity contribution in [3.8, 4) is 0 Å². The van der Waals surface area contributed by atoms with Gasteiger partial charge in [-0.3, -0.25) is 14.7 Å². The van der Waals surface area contributed by atoms with Crippen molar-refractivity contribution < 1.29 is 0 Å². The van der Waals surface area contributed by atoms with Crippen LogP contribution in [0.4, 0.5) is 0 Å². The van der Waals surface area contributed by atoms with Gasteiger partial charge >= 0.3 is 0 Å². The Hall–Kier alpha value is -1.16. The number of rotatable bonds is 3. The highest BCUT2D eigenvalue weighted by molar-refractivity contribution is 5.20. The third-order valence-corrected chi connectivity index (χ3v) is 4.26. The summed E-state index contributed by atoms with van der Waals surface area (Å²) >= 11 is 0. The zero-order valence-electron chi connectivity index (χ0n) is 11.5. The molecule has 2 aliphatic rings. The largest absolute Gasteiger partial charge is 0.297 e. The third-order valence-electron chi connectivity index (χ3n) is 4.26. The first-order chi connectivity index (χ1) is 9.38. The first-order valence-corrected chi connectivity index (χ1v) is 7.25. The van der Waals surface area contributed by atoms with Crippen LogP contribution in [0.1, 0.15) is 11.7 Å². The van der Waals surface area contributed by atoms with Crippen molar-refractivity contribution in [2.75, 3.05) is 45.8 Å². The summed E-state index contributed by atoms with van der Waals surface area (Å²) in [6.45, 7) is 11.9. The van der Waals surface area contributed by atoms with Crippen molar-refractivity contribution in [3.63, 3.8) is 0 Å². The lowest BCUT2D eigenvalue weighted by Gasteiger charge is -2.36. The minimum absolute atomic E-state index is 0.493. The average molecular weight is 257 g/mol. The summed E-state index contributed by atoms with van der Waals surface area (Å²) < 4.78 is 0. The topological polar surface area (TPSA) is 9.72 Å². The van der Waals surface area contributed by atoms with E-state index in [0.717, 1.165) is 32.7 Å². The van der Waals surface area contributed by atoms with Crippen LogP contribution in [0.3, 0.4) is 0 Å². The summed E-state index contributed by atoms with van der Waals surface area (Å²) in [6, 6.07) is 10.9. The summed E-state index contributed by atoms with van der Waals surface area (Å²) in [4.78, 5) is 7.73. The number of fused-ring (bicyclic) bond motifs is 2. The second-order valence-corrected chi connectivity index (χ2v) is 5.45. The van der Waals surface area contributed by atoms with Gasteiger partial charge in [-0.2, -0.15) is 0 Å². The molecule has 2 saturated heterocycles. The highest BCUT2D eigenvalue weighted by Gasteiger charge is 2.34. The summed E-state index contributed by atoms with van der Waals surface area (Å²) in [5.41, 5.74) is 1.44. The van der Waals surface area contributed by atoms with Crippen molar-refractivity contribution in [1.29, 1.82) is 0 Å². The van der Waals surface area contributed by atoms with Crippen molar-refractivity contribution in [3.05, 3.63) is 48.6 Å². The van der Waals surface area contributed by atoms with E-state index in [9.17, 15) is 0 Å². The Labute approximate surface area is 116 Å². The smallest absolute Gasteiger partial charge is 0.0887 e. The van der Waals surface area contributed by atoms with E-state index in [0.29, 0.717) is 6.17 Å². The maximum Gasteiger partial charge on any atom is 0.0887 e. The highest BCUT2D eigenvalue weighted by Crippen LogP contribution is 2.30. The molecule has 0 spiro atoms. The molecule has 2 unspecified atom stereocenters. The second kappa shape index (κ2) is 5.87. The fourth-order valence-electron chi connectivity index (χ4n) is 3.26. The Morgan fingerprint density at radius 1 is 0.947 bits per heavy atom. The summed E-state index contributed by atoms with van der Waals surface area (Å²) in [7, 11) is 0. The molecule has 0 radical (unpaired) electrons. The summed E-state index contributed by atoms with van der Waals surface area (Å²) in [6.07, 6.45) is 2.51. The van der Waals surface area contributed by atoms with Gasteiger partial charge in [0.2, 0.25) is 0 Å². The van der Waals surface area contributed by atoms with E-state index in [4.69, 9.17) is 0 Å². The fraction of sp³-hybridized carbons (Fsp3) is 0.500. The van der Waals surface area contributed by atoms with E-state index in [2.05, 4.69) is 51.6 Å². The van der Waals surface area contributed by atoms with E-state index in [-0.39, 0.29) is 0 Å². The monoisotopic (exact) mass is 257 g/mol. The van der Waals surface area contributed by atoms with Gasteiger partial charge in [0.05, 0.1) is 6.17 Å². The van der Waals surface area contributed by atoms with Gasteiger partial charge < -0.3 is 0 Å². The maximum atomic E-state index is 3.86. The predicted octanol–water partition coefficient (Wildman–Crippen LogP) is 1.80. The first-order valence-electron chi connectivity index (χ1n) is 7.25. The van der Waals surface area contributed by atoms with Crippen LogP contribution in [0.15, 0.2) is 43.0 Å². The van der Waals surface area contributed by atoms with Crippen LogP contribution in [0.2, 0.25) is 0 Å². The summed E-state index contributed by atoms with van der Waals surface area (Å²) in [5, 5.41) is 0. The van der Waals surface area contributed by atoms with Gasteiger partial charge in [0.25, 0.3) is 0 Å². The molecule has 0 amide bonds. The maximum absolute atomic E-state index is 3.86. The standard InChI is InChI=1S/C16H23N3/c1-2-8-17-9-11-18-13-14-19(12-10-17)16(18)15-6-4-3-5-7-15/h2-7,16H,1,8-14H2. The second-order valence-electron chi connectivity index (χ2n) is 5.45. The highest BCUT2D eigenvalue weighted by atomic mass is 15.4. The molecule has 3 heteroatoms. The van der Waals surface area contributed by atoms with E-state index in [1.165, 1.54) is 18.7 Å². The molecule has 0 aliphatic carbocycles. The zero-order valence-corrected chi connectivity index (χ0v) is 11.5. The lowest BCUT2D eigenvalue weighted by atomic mass is 10.1. The molecular weight excluding hydrogens is 234 g/mol. The molecule has 2 atom stereocenters. The first kappa shape index (κ1) is 12.9. The van der Waals surface area contributed by atoms with Crippen molar-refractivity contribution in [1.82, 2.24) is 14.7 Å². The Bertz CT molecular complexity index is 401. The van der Waals surface area contributed by atoms with Crippen LogP contribution < -0.4 is 0 Å². The van der Waals surface area contributed by atoms with Gasteiger partial charge in [-0.1, -0.05) is 36.4 Å². The Morgan fingerprint density at radius 3 is 2.11 bits per heavy atom. The molecule has 3 nitrogen and oxygen atoms in total. The van der Waals surface area contributed by atoms with E-state index in [1.807, 2.05) is 6.08 Å². The number of hydrogen-bond donors (Lipinski definition) is 0. The molecular formula is C16H23N3. The minimum Gasteiger partial charge on any atom is -0.297 e. The van der Waals surface area contributed by atoms with Crippen LogP contribution in [-0.4, -0.2) is 60.5 Å². The molecule has 102 valence electrons. The van der Waals surface area contributed by atoms with Gasteiger partial charge in [0.15, 0.2) is 0 Å². The normalized spacial score (nSPS) is 31.7. The van der Waals surface area contributed by atoms with Crippen LogP contribution in [0, 0.1) is 0 Å². The molecule has 2 bridgehead atoms. The molecule has 1 aromatic carbocycles. The molecule has 2 heterocycles. The van der Waals surface area contributed by atoms with Crippen LogP contribution in [0.25, 0.3) is 0 Å². The Morgan fingerprint density at radius 2 is 1.53 bits per heavy atom. The summed E-state index contributed by atoms with van der Waals surface area (Å²) in [5.74, 6) is 0. The SMILES string of the molecule is C=CCN1CCN2CCN(CC1)C2c1ccccc1. The van der Waals surface area contributed by atoms with Crippen LogP contribution in [0.5, 0.6) is 0 Å². The number of nitrogens with zero attached hydrogens (tertiary/aromatic N) is 3. The lowest BCUT2D eigenvalue weighted by molar-refractivity contribution is 0.0877. The van der Waals surface area contributed by atoms with Gasteiger partial charge in [-0.15, -0.1) is 6.58 Å². The molecule has 0 N–H and O–H groups in total. The minimum atomic E-state index is 0.493. The molecule has 0 aromatic heterocycles. The molecule has 0 saturated carbocycles. The molecule has 19 heavy (non-hydrogen) atoms. The number of hydrogen-bond acceptors (Lipinski definition) is 3. The third kappa shape index (κ3) is 2.73. The van der Waals surface area contributed by atoms with Crippen LogP contribution >= 0.6 is 0 Å². The zero-order chi connectivity index (χ0) is 13.1. The van der Waals surface area contributed by atoms with Crippen molar-refractivity contribution in [2.45, 2.75) is 6.17 Å². The number of benzene rings is 1. The Kier molecular flexibility index (Phi) is 3.97. The molecule has 1 aromatic rings. The van der Waals surface area contributed by atoms with Gasteiger partial charge in [0.1, 0.15) is 0 Å². The quantitative estimate of drug-likeness (QED) is 0.765. The molecule has 2 fully saturated rings. The van der Waals surface area contributed by atoms with Gasteiger partial charge in [-0.25, -0.2) is 0 Å². The average Bonchev–Trinajstić information content (AvgIpc) is 2.87. The van der Waals surface area contributed by atoms with E-state index in [1.54, 1.807) is 0 Å². The predicted molar refractivity (Wildman–Crippen MR) is 79.0 cm³/mol. The fourth-order valence-corrected chi connectivity index (χ4v) is 3.26. The van der Waals surface area contributed by atoms with Crippen LogP contribution in [-0.2, 0) is 0 Å². The molecule has 2 aliphatic heterocycles. The van der Waals surface area contributed by atoms with E-state index >= 15 is 0 Å². The van der Waals surface area contributed by atoms with Crippen molar-refractivity contribution in [2.24, 2.45) is 0 Å². The van der Waals surface area contributed by atoms with Crippen molar-refractivity contribution >= 4 is 0 Å². The Balaban J connectivity index is 1.76. The lowest BCUT2D eigenvalue weighted by Crippen LogP contribution is -2.44. The van der Waals surface area contributed by atoms with Gasteiger partial charge in [0, 0.05) is 45.8 Å². The van der Waals surface area contributed by atoms with Gasteiger partial charge in [-0.05, 0) is 5.56 Å². The van der Waals surface area contributed by atoms with E-state index < -0.39 is 0 Å².